The van der Waals surface area contributed by atoms with Crippen molar-refractivity contribution < 1.29 is 9.53 Å². The molecule has 4 rings (SSSR count). The molecule has 0 atom stereocenters. The van der Waals surface area contributed by atoms with Crippen molar-refractivity contribution in [1.29, 1.82) is 0 Å². The van der Waals surface area contributed by atoms with Gasteiger partial charge in [0.05, 0.1) is 23.1 Å². The van der Waals surface area contributed by atoms with Crippen molar-refractivity contribution in [2.75, 3.05) is 18.2 Å². The van der Waals surface area contributed by atoms with Crippen LogP contribution in [0.5, 0.6) is 5.75 Å². The molecule has 0 saturated heterocycles. The summed E-state index contributed by atoms with van der Waals surface area (Å²) in [5, 5.41) is 12.7. The smallest absolute Gasteiger partial charge is 0.236 e. The molecule has 31 heavy (non-hydrogen) atoms. The lowest BCUT2D eigenvalue weighted by atomic mass is 10.1. The fourth-order valence-corrected chi connectivity index (χ4v) is 4.70. The Morgan fingerprint density at radius 3 is 2.87 bits per heavy atom. The number of hydrogen-bond acceptors (Lipinski definition) is 7. The number of fused-ring (bicyclic) bond motifs is 1. The van der Waals surface area contributed by atoms with Crippen LogP contribution in [-0.2, 0) is 17.8 Å². The summed E-state index contributed by atoms with van der Waals surface area (Å²) in [6.07, 6.45) is 2.47. The first-order valence-corrected chi connectivity index (χ1v) is 11.4. The maximum Gasteiger partial charge on any atom is 0.236 e. The summed E-state index contributed by atoms with van der Waals surface area (Å²) >= 11 is 2.76. The van der Waals surface area contributed by atoms with Crippen LogP contribution in [-0.4, -0.2) is 38.5 Å². The van der Waals surface area contributed by atoms with Crippen LogP contribution in [0.25, 0.3) is 10.2 Å². The van der Waals surface area contributed by atoms with E-state index in [-0.39, 0.29) is 11.7 Å². The van der Waals surface area contributed by atoms with Crippen LogP contribution in [0.2, 0.25) is 0 Å². The standard InChI is InChI=1S/C22H21N5O2S2/c1-3-11-27-19(12-15-7-5-4-6-8-15)25-26-22(27)30-14-20(28)24-21-23-17-10-9-16(29-2)13-18(17)31-21/h3-10,13H,1,11-12,14H2,2H3,(H,23,24,28). The van der Waals surface area contributed by atoms with Crippen molar-refractivity contribution in [1.82, 2.24) is 19.7 Å². The molecule has 0 radical (unpaired) electrons. The van der Waals surface area contributed by atoms with Crippen LogP contribution in [0.4, 0.5) is 5.13 Å². The lowest BCUT2D eigenvalue weighted by Crippen LogP contribution is -2.14. The van der Waals surface area contributed by atoms with Gasteiger partial charge in [-0.05, 0) is 23.8 Å². The molecule has 2 aromatic heterocycles. The van der Waals surface area contributed by atoms with Gasteiger partial charge in [0.15, 0.2) is 10.3 Å². The summed E-state index contributed by atoms with van der Waals surface area (Å²) in [4.78, 5) is 16.9. The van der Waals surface area contributed by atoms with E-state index in [1.54, 1.807) is 13.2 Å². The Labute approximate surface area is 188 Å². The Hall–Kier alpha value is -3.17. The van der Waals surface area contributed by atoms with E-state index in [9.17, 15) is 4.79 Å². The Balaban J connectivity index is 1.41. The van der Waals surface area contributed by atoms with Crippen molar-refractivity contribution in [2.24, 2.45) is 0 Å². The highest BCUT2D eigenvalue weighted by Crippen LogP contribution is 2.29. The van der Waals surface area contributed by atoms with E-state index in [4.69, 9.17) is 4.74 Å². The number of nitrogens with zero attached hydrogens (tertiary/aromatic N) is 4. The normalized spacial score (nSPS) is 10.9. The first-order chi connectivity index (χ1) is 15.2. The van der Waals surface area contributed by atoms with Crippen LogP contribution >= 0.6 is 23.1 Å². The molecule has 2 aromatic carbocycles. The number of carbonyl (C=O) groups is 1. The molecular formula is C22H21N5O2S2. The summed E-state index contributed by atoms with van der Waals surface area (Å²) in [5.74, 6) is 1.67. The highest BCUT2D eigenvalue weighted by Gasteiger charge is 2.15. The van der Waals surface area contributed by atoms with Crippen molar-refractivity contribution in [2.45, 2.75) is 18.1 Å². The molecule has 9 heteroatoms. The number of amides is 1. The SMILES string of the molecule is C=CCn1c(Cc2ccccc2)nnc1SCC(=O)Nc1nc2ccc(OC)cc2s1. The zero-order chi connectivity index (χ0) is 21.6. The molecule has 0 aliphatic rings. The number of aromatic nitrogens is 4. The minimum atomic E-state index is -0.145. The predicted octanol–water partition coefficient (Wildman–Crippen LogP) is 4.40. The van der Waals surface area contributed by atoms with Gasteiger partial charge in [-0.2, -0.15) is 0 Å². The quantitative estimate of drug-likeness (QED) is 0.300. The number of ether oxygens (including phenoxy) is 1. The average Bonchev–Trinajstić information content (AvgIpc) is 3.36. The van der Waals surface area contributed by atoms with Gasteiger partial charge in [-0.25, -0.2) is 4.98 Å². The van der Waals surface area contributed by atoms with E-state index in [0.29, 0.717) is 23.3 Å². The maximum atomic E-state index is 12.5. The van der Waals surface area contributed by atoms with E-state index in [2.05, 4.69) is 39.2 Å². The summed E-state index contributed by atoms with van der Waals surface area (Å²) in [6.45, 7) is 4.41. The molecule has 0 unspecified atom stereocenters. The maximum absolute atomic E-state index is 12.5. The molecule has 1 amide bonds. The molecule has 0 bridgehead atoms. The number of thiazole rings is 1. The van der Waals surface area contributed by atoms with Gasteiger partial charge < -0.3 is 14.6 Å². The van der Waals surface area contributed by atoms with E-state index >= 15 is 0 Å². The molecule has 0 spiro atoms. The van der Waals surface area contributed by atoms with Crippen molar-refractivity contribution in [3.05, 3.63) is 72.6 Å². The van der Waals surface area contributed by atoms with Gasteiger partial charge in [-0.3, -0.25) is 4.79 Å². The predicted molar refractivity (Wildman–Crippen MR) is 125 cm³/mol. The second-order valence-electron chi connectivity index (χ2n) is 6.65. The van der Waals surface area contributed by atoms with Gasteiger partial charge >= 0.3 is 0 Å². The van der Waals surface area contributed by atoms with Gasteiger partial charge in [0.1, 0.15) is 11.6 Å². The van der Waals surface area contributed by atoms with E-state index in [1.807, 2.05) is 41.0 Å². The lowest BCUT2D eigenvalue weighted by Gasteiger charge is -2.07. The summed E-state index contributed by atoms with van der Waals surface area (Å²) in [7, 11) is 1.62. The van der Waals surface area contributed by atoms with Gasteiger partial charge in [-0.15, -0.1) is 16.8 Å². The number of rotatable bonds is 9. The largest absolute Gasteiger partial charge is 0.497 e. The minimum absolute atomic E-state index is 0.145. The molecule has 0 saturated carbocycles. The number of allylic oxidation sites excluding steroid dienone is 1. The fraction of sp³-hybridized carbons (Fsp3) is 0.182. The number of methoxy groups -OCH3 is 1. The zero-order valence-electron chi connectivity index (χ0n) is 16.9. The van der Waals surface area contributed by atoms with Crippen LogP contribution in [0.3, 0.4) is 0 Å². The Morgan fingerprint density at radius 2 is 2.10 bits per heavy atom. The van der Waals surface area contributed by atoms with Gasteiger partial charge in [0.25, 0.3) is 0 Å². The molecule has 158 valence electrons. The fourth-order valence-electron chi connectivity index (χ4n) is 3.02. The monoisotopic (exact) mass is 451 g/mol. The summed E-state index contributed by atoms with van der Waals surface area (Å²) in [5.41, 5.74) is 1.98. The van der Waals surface area contributed by atoms with Crippen LogP contribution < -0.4 is 10.1 Å². The number of benzene rings is 2. The third kappa shape index (κ3) is 5.12. The molecule has 0 fully saturated rings. The van der Waals surface area contributed by atoms with E-state index in [1.165, 1.54) is 23.1 Å². The third-order valence-corrected chi connectivity index (χ3v) is 6.38. The molecule has 1 N–H and O–H groups in total. The lowest BCUT2D eigenvalue weighted by molar-refractivity contribution is -0.113. The van der Waals surface area contributed by atoms with Gasteiger partial charge in [0.2, 0.25) is 5.91 Å². The number of anilines is 1. The van der Waals surface area contributed by atoms with E-state index in [0.717, 1.165) is 27.4 Å². The van der Waals surface area contributed by atoms with Crippen LogP contribution in [0.15, 0.2) is 66.3 Å². The Kier molecular flexibility index (Phi) is 6.63. The minimum Gasteiger partial charge on any atom is -0.497 e. The Bertz CT molecular complexity index is 1200. The van der Waals surface area contributed by atoms with Crippen LogP contribution in [0.1, 0.15) is 11.4 Å². The second-order valence-corrected chi connectivity index (χ2v) is 8.62. The van der Waals surface area contributed by atoms with E-state index < -0.39 is 0 Å². The second kappa shape index (κ2) is 9.76. The summed E-state index contributed by atoms with van der Waals surface area (Å²) < 4.78 is 8.18. The molecule has 7 nitrogen and oxygen atoms in total. The number of hydrogen-bond donors (Lipinski definition) is 1. The average molecular weight is 452 g/mol. The topological polar surface area (TPSA) is 81.9 Å². The Morgan fingerprint density at radius 1 is 1.26 bits per heavy atom. The number of carbonyl (C=O) groups excluding carboxylic acids is 1. The molecule has 0 aliphatic heterocycles. The highest BCUT2D eigenvalue weighted by molar-refractivity contribution is 7.99. The summed E-state index contributed by atoms with van der Waals surface area (Å²) in [6, 6.07) is 15.7. The van der Waals surface area contributed by atoms with Crippen LogP contribution in [0, 0.1) is 0 Å². The molecule has 0 aliphatic carbocycles. The first-order valence-electron chi connectivity index (χ1n) is 9.60. The molecule has 2 heterocycles. The van der Waals surface area contributed by atoms with Crippen molar-refractivity contribution in [3.63, 3.8) is 0 Å². The number of thioether (sulfide) groups is 1. The van der Waals surface area contributed by atoms with Gasteiger partial charge in [-0.1, -0.05) is 59.5 Å². The molecule has 4 aromatic rings. The zero-order valence-corrected chi connectivity index (χ0v) is 18.6. The van der Waals surface area contributed by atoms with Crippen molar-refractivity contribution in [3.8, 4) is 5.75 Å². The highest BCUT2D eigenvalue weighted by atomic mass is 32.2. The third-order valence-electron chi connectivity index (χ3n) is 4.48. The van der Waals surface area contributed by atoms with Crippen molar-refractivity contribution >= 4 is 44.4 Å². The van der Waals surface area contributed by atoms with Gasteiger partial charge in [0, 0.05) is 13.0 Å². The first kappa shape index (κ1) is 21.1. The molecular weight excluding hydrogens is 430 g/mol. The number of nitrogens with one attached hydrogen (secondary N) is 1.